The maximum absolute atomic E-state index is 13.6. The number of carbonyl (C=O) groups is 2. The third-order valence-corrected chi connectivity index (χ3v) is 7.66. The predicted molar refractivity (Wildman–Crippen MR) is 114 cm³/mol. The highest BCUT2D eigenvalue weighted by Crippen LogP contribution is 2.54. The van der Waals surface area contributed by atoms with Crippen LogP contribution in [-0.2, 0) is 11.8 Å². The molecule has 4 atom stereocenters. The second-order valence-corrected chi connectivity index (χ2v) is 10.2. The molecule has 0 radical (unpaired) electrons. The number of rotatable bonds is 3. The highest BCUT2D eigenvalue weighted by Gasteiger charge is 2.52. The van der Waals surface area contributed by atoms with Gasteiger partial charge in [0.15, 0.2) is 5.78 Å². The molecule has 1 aromatic rings. The van der Waals surface area contributed by atoms with E-state index in [1.54, 1.807) is 6.92 Å². The van der Waals surface area contributed by atoms with E-state index in [-0.39, 0.29) is 11.2 Å². The van der Waals surface area contributed by atoms with Crippen molar-refractivity contribution in [2.24, 2.45) is 5.92 Å². The molecule has 1 aromatic carbocycles. The number of nitrogens with zero attached hydrogens (tertiary/aromatic N) is 1. The van der Waals surface area contributed by atoms with E-state index in [1.165, 1.54) is 41.7 Å². The van der Waals surface area contributed by atoms with E-state index < -0.39 is 17.7 Å². The van der Waals surface area contributed by atoms with Crippen molar-refractivity contribution < 1.29 is 14.7 Å². The summed E-state index contributed by atoms with van der Waals surface area (Å²) in [5, 5.41) is 13.5. The molecular formula is C24H34N2O3. The summed E-state index contributed by atoms with van der Waals surface area (Å²) in [7, 11) is 0. The molecule has 3 aliphatic rings. The van der Waals surface area contributed by atoms with Gasteiger partial charge < -0.3 is 10.4 Å². The van der Waals surface area contributed by atoms with Crippen molar-refractivity contribution in [2.75, 3.05) is 6.54 Å². The maximum Gasteiger partial charge on any atom is 0.408 e. The van der Waals surface area contributed by atoms with Crippen LogP contribution in [-0.4, -0.2) is 46.1 Å². The van der Waals surface area contributed by atoms with E-state index in [0.29, 0.717) is 12.0 Å². The van der Waals surface area contributed by atoms with Gasteiger partial charge in [-0.3, -0.25) is 9.69 Å². The van der Waals surface area contributed by atoms with E-state index in [2.05, 4.69) is 11.4 Å². The van der Waals surface area contributed by atoms with Gasteiger partial charge in [0.1, 0.15) is 0 Å². The summed E-state index contributed by atoms with van der Waals surface area (Å²) in [5.41, 5.74) is 2.82. The number of piperidine rings is 1. The lowest BCUT2D eigenvalue weighted by molar-refractivity contribution is 0.0581. The van der Waals surface area contributed by atoms with Crippen LogP contribution in [0.25, 0.3) is 0 Å². The summed E-state index contributed by atoms with van der Waals surface area (Å²) >= 11 is 0. The normalized spacial score (nSPS) is 29.4. The van der Waals surface area contributed by atoms with E-state index >= 15 is 0 Å². The van der Waals surface area contributed by atoms with E-state index in [4.69, 9.17) is 0 Å². The van der Waals surface area contributed by atoms with Crippen LogP contribution in [0.1, 0.15) is 81.3 Å². The molecule has 2 fully saturated rings. The number of benzene rings is 1. The molecule has 0 spiro atoms. The van der Waals surface area contributed by atoms with Crippen LogP contribution < -0.4 is 5.32 Å². The summed E-state index contributed by atoms with van der Waals surface area (Å²) in [4.78, 5) is 26.8. The number of fused-ring (bicyclic) bond motifs is 1. The van der Waals surface area contributed by atoms with Gasteiger partial charge in [0.05, 0.1) is 6.04 Å². The Hall–Kier alpha value is -1.88. The Morgan fingerprint density at radius 3 is 2.69 bits per heavy atom. The molecule has 1 heterocycles. The van der Waals surface area contributed by atoms with Gasteiger partial charge in [0, 0.05) is 22.6 Å². The molecule has 5 heteroatoms. The first kappa shape index (κ1) is 20.4. The number of nitrogens with one attached hydrogen (secondary N) is 1. The summed E-state index contributed by atoms with van der Waals surface area (Å²) in [6.07, 6.45) is 5.99. The molecule has 2 N–H and O–H groups in total. The Bertz CT molecular complexity index is 824. The summed E-state index contributed by atoms with van der Waals surface area (Å²) in [6, 6.07) is 5.89. The quantitative estimate of drug-likeness (QED) is 0.741. The van der Waals surface area contributed by atoms with Gasteiger partial charge >= 0.3 is 6.09 Å². The maximum atomic E-state index is 13.6. The van der Waals surface area contributed by atoms with Crippen LogP contribution in [0.3, 0.4) is 0 Å². The SMILES string of the molecule is CC(C(=O)c1cccc2c1C[C@H]1NCC[C@@]23CCCC[C@@H]13)N(C(=O)O)C(C)(C)C. The molecule has 2 aliphatic carbocycles. The Morgan fingerprint density at radius 1 is 1.24 bits per heavy atom. The number of carbonyl (C=O) groups excluding carboxylic acids is 1. The minimum absolute atomic E-state index is 0.0806. The van der Waals surface area contributed by atoms with Crippen LogP contribution in [0.2, 0.25) is 0 Å². The second-order valence-electron chi connectivity index (χ2n) is 10.2. The zero-order valence-electron chi connectivity index (χ0n) is 18.1. The molecule has 29 heavy (non-hydrogen) atoms. The Morgan fingerprint density at radius 2 is 2.00 bits per heavy atom. The van der Waals surface area contributed by atoms with Gasteiger partial charge in [-0.1, -0.05) is 31.0 Å². The third-order valence-electron chi connectivity index (χ3n) is 7.66. The molecule has 1 saturated heterocycles. The van der Waals surface area contributed by atoms with Crippen molar-refractivity contribution in [1.29, 1.82) is 0 Å². The smallest absolute Gasteiger partial charge is 0.408 e. The Labute approximate surface area is 173 Å². The molecular weight excluding hydrogens is 364 g/mol. The van der Waals surface area contributed by atoms with Crippen molar-refractivity contribution in [2.45, 2.75) is 89.3 Å². The monoisotopic (exact) mass is 398 g/mol. The van der Waals surface area contributed by atoms with Crippen molar-refractivity contribution >= 4 is 11.9 Å². The molecule has 1 aliphatic heterocycles. The topological polar surface area (TPSA) is 69.6 Å². The van der Waals surface area contributed by atoms with Crippen LogP contribution in [0, 0.1) is 5.92 Å². The zero-order valence-corrected chi connectivity index (χ0v) is 18.1. The number of Topliss-reactive ketones (excluding diaryl/α,β-unsaturated/α-hetero) is 1. The van der Waals surface area contributed by atoms with Crippen molar-refractivity contribution in [3.63, 3.8) is 0 Å². The molecule has 2 bridgehead atoms. The average Bonchev–Trinajstić information content (AvgIpc) is 2.65. The highest BCUT2D eigenvalue weighted by atomic mass is 16.4. The first-order chi connectivity index (χ1) is 13.7. The first-order valence-corrected chi connectivity index (χ1v) is 11.1. The van der Waals surface area contributed by atoms with Crippen LogP contribution in [0.5, 0.6) is 0 Å². The molecule has 4 rings (SSSR count). The van der Waals surface area contributed by atoms with Gasteiger partial charge in [-0.2, -0.15) is 0 Å². The molecule has 5 nitrogen and oxygen atoms in total. The highest BCUT2D eigenvalue weighted by molar-refractivity contribution is 6.02. The molecule has 0 aromatic heterocycles. The van der Waals surface area contributed by atoms with E-state index in [1.807, 2.05) is 32.9 Å². The van der Waals surface area contributed by atoms with Crippen molar-refractivity contribution in [3.05, 3.63) is 34.9 Å². The number of hydrogen-bond acceptors (Lipinski definition) is 3. The zero-order chi connectivity index (χ0) is 21.0. The largest absolute Gasteiger partial charge is 0.465 e. The van der Waals surface area contributed by atoms with E-state index in [9.17, 15) is 14.7 Å². The lowest BCUT2D eigenvalue weighted by atomic mass is 9.52. The summed E-state index contributed by atoms with van der Waals surface area (Å²) in [6.45, 7) is 8.29. The fourth-order valence-corrected chi connectivity index (χ4v) is 6.57. The predicted octanol–water partition coefficient (Wildman–Crippen LogP) is 4.38. The fraction of sp³-hybridized carbons (Fsp3) is 0.667. The van der Waals surface area contributed by atoms with Crippen LogP contribution >= 0.6 is 0 Å². The summed E-state index contributed by atoms with van der Waals surface area (Å²) < 4.78 is 0. The van der Waals surface area contributed by atoms with Gasteiger partial charge in [-0.15, -0.1) is 0 Å². The lowest BCUT2D eigenvalue weighted by Crippen LogP contribution is -2.60. The molecule has 1 unspecified atom stereocenters. The number of ketones is 1. The minimum atomic E-state index is -1.05. The minimum Gasteiger partial charge on any atom is -0.465 e. The molecule has 158 valence electrons. The van der Waals surface area contributed by atoms with Crippen LogP contribution in [0.15, 0.2) is 18.2 Å². The Kier molecular flexibility index (Phi) is 5.01. The second kappa shape index (κ2) is 7.12. The van der Waals surface area contributed by atoms with Gasteiger partial charge in [0.25, 0.3) is 0 Å². The number of amides is 1. The summed E-state index contributed by atoms with van der Waals surface area (Å²) in [5.74, 6) is 0.577. The Balaban J connectivity index is 1.77. The molecule has 1 saturated carbocycles. The fourth-order valence-electron chi connectivity index (χ4n) is 6.57. The number of carboxylic acid groups (broad SMARTS) is 1. The standard InChI is InChI=1S/C24H34N2O3/c1-15(26(22(28)29)23(2,3)4)21(27)16-8-7-10-18-17(16)14-20-19-9-5-6-11-24(18,19)12-13-25-20/h7-8,10,15,19-20,25H,5-6,9,11-14H2,1-4H3,(H,28,29)/t15?,19-,20+,24-/m0/s1. The van der Waals surface area contributed by atoms with Crippen molar-refractivity contribution in [3.8, 4) is 0 Å². The van der Waals surface area contributed by atoms with Crippen molar-refractivity contribution in [1.82, 2.24) is 10.2 Å². The van der Waals surface area contributed by atoms with E-state index in [0.717, 1.165) is 24.9 Å². The third kappa shape index (κ3) is 3.18. The van der Waals surface area contributed by atoms with Gasteiger partial charge in [-0.25, -0.2) is 4.79 Å². The molecule has 1 amide bonds. The van der Waals surface area contributed by atoms with Gasteiger partial charge in [0.2, 0.25) is 0 Å². The average molecular weight is 399 g/mol. The lowest BCUT2D eigenvalue weighted by Gasteiger charge is -2.56. The number of hydrogen-bond donors (Lipinski definition) is 2. The van der Waals surface area contributed by atoms with Gasteiger partial charge in [-0.05, 0) is 77.0 Å². The first-order valence-electron chi connectivity index (χ1n) is 11.1. The van der Waals surface area contributed by atoms with Crippen LogP contribution in [0.4, 0.5) is 4.79 Å².